The summed E-state index contributed by atoms with van der Waals surface area (Å²) < 4.78 is 0. The normalized spacial score (nSPS) is 12.7. The van der Waals surface area contributed by atoms with Gasteiger partial charge in [0.1, 0.15) is 12.1 Å². The van der Waals surface area contributed by atoms with Crippen molar-refractivity contribution >= 4 is 12.2 Å². The van der Waals surface area contributed by atoms with Gasteiger partial charge in [-0.3, -0.25) is 4.79 Å². The Hall–Kier alpha value is -1.38. The lowest BCUT2D eigenvalue weighted by molar-refractivity contribution is -0.299. The molecule has 0 aromatic heterocycles. The fraction of sp³-hybridized carbons (Fsp3) is 0.857. The molecule has 0 heterocycles. The van der Waals surface area contributed by atoms with E-state index < -0.39 is 17.0 Å². The van der Waals surface area contributed by atoms with E-state index in [1.807, 2.05) is 27.7 Å². The minimum absolute atomic E-state index is 0.0830. The largest absolute Gasteiger partial charge is 0.481 e. The van der Waals surface area contributed by atoms with E-state index in [9.17, 15) is 4.79 Å². The number of carboxylic acid groups (broad SMARTS) is 1. The predicted octanol–water partition coefficient (Wildman–Crippen LogP) is 2.05. The second-order valence-corrected chi connectivity index (χ2v) is 6.22. The smallest absolute Gasteiger partial charge is 0.304 e. The molecule has 0 spiro atoms. The van der Waals surface area contributed by atoms with Crippen LogP contribution >= 0.6 is 0 Å². The van der Waals surface area contributed by atoms with Gasteiger partial charge < -0.3 is 15.8 Å². The molecule has 8 heteroatoms. The number of rotatable bonds is 13. The molecule has 0 aliphatic carbocycles. The van der Waals surface area contributed by atoms with E-state index >= 15 is 0 Å². The Morgan fingerprint density at radius 2 is 1.86 bits per heavy atom. The summed E-state index contributed by atoms with van der Waals surface area (Å²) in [7, 11) is 0. The van der Waals surface area contributed by atoms with E-state index in [0.29, 0.717) is 26.1 Å². The monoisotopic (exact) mass is 316 g/mol. The number of carbonyl (C=O) groups is 1. The molecule has 0 aliphatic heterocycles. The van der Waals surface area contributed by atoms with E-state index in [2.05, 4.69) is 15.5 Å². The first-order valence-corrected chi connectivity index (χ1v) is 7.28. The van der Waals surface area contributed by atoms with E-state index in [0.717, 1.165) is 0 Å². The van der Waals surface area contributed by atoms with Crippen LogP contribution in [0.2, 0.25) is 0 Å². The molecule has 0 aromatic rings. The first kappa shape index (κ1) is 20.6. The molecule has 0 atom stereocenters. The van der Waals surface area contributed by atoms with Gasteiger partial charge in [0.25, 0.3) is 0 Å². The van der Waals surface area contributed by atoms with Crippen LogP contribution in [0, 0.1) is 5.41 Å². The SMILES string of the molecule is CC(C)(CNCCC(=O)O)N=NC(C)(C)COOCCC=N. The van der Waals surface area contributed by atoms with Crippen molar-refractivity contribution < 1.29 is 19.7 Å². The number of hydrogen-bond acceptors (Lipinski definition) is 7. The van der Waals surface area contributed by atoms with Crippen molar-refractivity contribution in [1.82, 2.24) is 5.32 Å². The van der Waals surface area contributed by atoms with Crippen LogP contribution in [0.25, 0.3) is 0 Å². The number of hydrogen-bond donors (Lipinski definition) is 3. The zero-order valence-corrected chi connectivity index (χ0v) is 13.9. The van der Waals surface area contributed by atoms with Crippen LogP contribution < -0.4 is 5.32 Å². The second kappa shape index (κ2) is 10.4. The van der Waals surface area contributed by atoms with Crippen molar-refractivity contribution in [2.75, 3.05) is 26.3 Å². The Balaban J connectivity index is 4.10. The molecule has 0 aromatic carbocycles. The topological polar surface area (TPSA) is 116 Å². The van der Waals surface area contributed by atoms with E-state index in [4.69, 9.17) is 20.3 Å². The number of nitrogens with zero attached hydrogens (tertiary/aromatic N) is 2. The van der Waals surface area contributed by atoms with Crippen LogP contribution in [0.4, 0.5) is 0 Å². The van der Waals surface area contributed by atoms with E-state index in [1.165, 1.54) is 6.21 Å². The fourth-order valence-corrected chi connectivity index (χ4v) is 1.28. The van der Waals surface area contributed by atoms with Gasteiger partial charge in [0.15, 0.2) is 0 Å². The highest BCUT2D eigenvalue weighted by Crippen LogP contribution is 2.16. The first-order valence-electron chi connectivity index (χ1n) is 7.28. The molecule has 0 aliphatic rings. The van der Waals surface area contributed by atoms with Gasteiger partial charge in [-0.1, -0.05) is 0 Å². The van der Waals surface area contributed by atoms with Crippen molar-refractivity contribution in [3.63, 3.8) is 0 Å². The standard InChI is InChI=1S/C14H28N4O4/c1-13(2,10-16-8-6-12(19)20)17-18-14(3,4)11-22-21-9-5-7-15/h7,15-16H,5-6,8-11H2,1-4H3,(H,19,20). The highest BCUT2D eigenvalue weighted by molar-refractivity contribution is 5.66. The molecule has 0 amide bonds. The summed E-state index contributed by atoms with van der Waals surface area (Å²) in [4.78, 5) is 20.4. The van der Waals surface area contributed by atoms with Crippen LogP contribution in [0.1, 0.15) is 40.5 Å². The Morgan fingerprint density at radius 3 is 2.45 bits per heavy atom. The molecule has 3 N–H and O–H groups in total. The van der Waals surface area contributed by atoms with Gasteiger partial charge in [-0.2, -0.15) is 10.2 Å². The summed E-state index contributed by atoms with van der Waals surface area (Å²) >= 11 is 0. The predicted molar refractivity (Wildman–Crippen MR) is 83.4 cm³/mol. The quantitative estimate of drug-likeness (QED) is 0.158. The van der Waals surface area contributed by atoms with Gasteiger partial charge in [0, 0.05) is 19.5 Å². The summed E-state index contributed by atoms with van der Waals surface area (Å²) in [6, 6.07) is 0. The third-order valence-electron chi connectivity index (χ3n) is 2.51. The molecular weight excluding hydrogens is 288 g/mol. The Morgan fingerprint density at radius 1 is 1.23 bits per heavy atom. The number of azo groups is 1. The molecule has 22 heavy (non-hydrogen) atoms. The Labute approximate surface area is 131 Å². The molecule has 0 unspecified atom stereocenters. The van der Waals surface area contributed by atoms with Crippen molar-refractivity contribution in [2.45, 2.75) is 51.6 Å². The van der Waals surface area contributed by atoms with Crippen LogP contribution in [-0.2, 0) is 14.6 Å². The second-order valence-electron chi connectivity index (χ2n) is 6.22. The average molecular weight is 316 g/mol. The third kappa shape index (κ3) is 12.4. The molecule has 128 valence electrons. The van der Waals surface area contributed by atoms with Crippen LogP contribution in [0.3, 0.4) is 0 Å². The summed E-state index contributed by atoms with van der Waals surface area (Å²) in [5.41, 5.74) is -0.959. The van der Waals surface area contributed by atoms with Gasteiger partial charge in [-0.25, -0.2) is 9.78 Å². The molecule has 0 rings (SSSR count). The average Bonchev–Trinajstić information content (AvgIpc) is 2.41. The molecular formula is C14H28N4O4. The van der Waals surface area contributed by atoms with Crippen molar-refractivity contribution in [3.8, 4) is 0 Å². The van der Waals surface area contributed by atoms with Gasteiger partial charge >= 0.3 is 5.97 Å². The maximum absolute atomic E-state index is 10.4. The first-order chi connectivity index (χ1) is 10.2. The van der Waals surface area contributed by atoms with E-state index in [1.54, 1.807) is 0 Å². The maximum Gasteiger partial charge on any atom is 0.304 e. The van der Waals surface area contributed by atoms with Gasteiger partial charge in [-0.15, -0.1) is 0 Å². The van der Waals surface area contributed by atoms with Gasteiger partial charge in [0.05, 0.1) is 18.6 Å². The number of carboxylic acids is 1. The van der Waals surface area contributed by atoms with Gasteiger partial charge in [0.2, 0.25) is 0 Å². The number of nitrogens with one attached hydrogen (secondary N) is 2. The molecule has 0 saturated carbocycles. The summed E-state index contributed by atoms with van der Waals surface area (Å²) in [6.45, 7) is 9.14. The van der Waals surface area contributed by atoms with Crippen molar-refractivity contribution in [1.29, 1.82) is 5.41 Å². The lowest BCUT2D eigenvalue weighted by atomic mass is 10.1. The minimum atomic E-state index is -0.826. The zero-order chi connectivity index (χ0) is 17.1. The minimum Gasteiger partial charge on any atom is -0.481 e. The van der Waals surface area contributed by atoms with E-state index in [-0.39, 0.29) is 13.0 Å². The summed E-state index contributed by atoms with van der Waals surface area (Å²) in [6.07, 6.45) is 1.85. The lowest BCUT2D eigenvalue weighted by Crippen LogP contribution is -2.35. The Kier molecular flexibility index (Phi) is 9.71. The van der Waals surface area contributed by atoms with Crippen LogP contribution in [0.15, 0.2) is 10.2 Å². The summed E-state index contributed by atoms with van der Waals surface area (Å²) in [5.74, 6) is -0.826. The number of aliphatic carboxylic acids is 1. The molecule has 0 radical (unpaired) electrons. The molecule has 0 bridgehead atoms. The van der Waals surface area contributed by atoms with Crippen molar-refractivity contribution in [3.05, 3.63) is 0 Å². The Bertz CT molecular complexity index is 370. The molecule has 8 nitrogen and oxygen atoms in total. The van der Waals surface area contributed by atoms with Gasteiger partial charge in [-0.05, 0) is 33.9 Å². The van der Waals surface area contributed by atoms with Crippen LogP contribution in [-0.4, -0.2) is 54.7 Å². The zero-order valence-electron chi connectivity index (χ0n) is 13.9. The van der Waals surface area contributed by atoms with Crippen LogP contribution in [0.5, 0.6) is 0 Å². The van der Waals surface area contributed by atoms with Crippen molar-refractivity contribution in [2.24, 2.45) is 10.2 Å². The summed E-state index contributed by atoms with van der Waals surface area (Å²) in [5, 5.41) is 27.1. The third-order valence-corrected chi connectivity index (χ3v) is 2.51. The lowest BCUT2D eigenvalue weighted by Gasteiger charge is -2.23. The highest BCUT2D eigenvalue weighted by atomic mass is 17.2. The molecule has 0 saturated heterocycles. The maximum atomic E-state index is 10.4. The molecule has 0 fully saturated rings. The fourth-order valence-electron chi connectivity index (χ4n) is 1.28. The highest BCUT2D eigenvalue weighted by Gasteiger charge is 2.22.